The van der Waals surface area contributed by atoms with Crippen molar-refractivity contribution in [3.63, 3.8) is 0 Å². The molecule has 0 fully saturated rings. The van der Waals surface area contributed by atoms with E-state index in [4.69, 9.17) is 16.2 Å². The number of carbonyl (C=O) groups excluding carboxylic acids is 1. The molecule has 1 aromatic heterocycles. The minimum atomic E-state index is -0.333. The van der Waals surface area contributed by atoms with E-state index in [0.717, 1.165) is 41.1 Å². The second kappa shape index (κ2) is 11.9. The molecule has 5 N–H and O–H groups in total. The molecule has 0 saturated heterocycles. The average molecular weight is 450 g/mol. The Kier molecular flexibility index (Phi) is 8.95. The largest absolute Gasteiger partial charge is 0.485 e. The summed E-state index contributed by atoms with van der Waals surface area (Å²) in [4.78, 5) is 14.4. The average Bonchev–Trinajstić information content (AvgIpc) is 3.34. The van der Waals surface area contributed by atoms with Crippen LogP contribution in [-0.4, -0.2) is 17.4 Å². The van der Waals surface area contributed by atoms with E-state index in [0.29, 0.717) is 5.92 Å². The molecule has 0 saturated carbocycles. The van der Waals surface area contributed by atoms with Crippen LogP contribution in [0.25, 0.3) is 10.9 Å². The number of amides is 1. The van der Waals surface area contributed by atoms with Crippen LogP contribution >= 0.6 is 0 Å². The summed E-state index contributed by atoms with van der Waals surface area (Å²) in [7, 11) is 0. The summed E-state index contributed by atoms with van der Waals surface area (Å²) in [5.41, 5.74) is 15.4. The molecule has 1 amide bonds. The molecule has 0 bridgehead atoms. The van der Waals surface area contributed by atoms with Gasteiger partial charge in [0.15, 0.2) is 0 Å². The number of H-pyrrole nitrogens is 1. The standard InChI is InChI=1S/C20H20N2O2.C8H19N/c1-12-8-13-4-2-3-5-16(13)20(12)24-15-6-7-18-17(10-15)14(11-22-18)9-19(21)23;1-3-5-8(7-9)6-4-2/h2-7,10-12,20,22H,8-9H2,1H3,(H2,21,23);8H,3-7,9H2,1-2H3/t12-,20?;/m1./s1. The van der Waals surface area contributed by atoms with Crippen molar-refractivity contribution in [1.29, 1.82) is 0 Å². The Labute approximate surface area is 197 Å². The van der Waals surface area contributed by atoms with Crippen molar-refractivity contribution in [2.75, 3.05) is 6.54 Å². The predicted molar refractivity (Wildman–Crippen MR) is 136 cm³/mol. The number of benzene rings is 2. The molecule has 5 nitrogen and oxygen atoms in total. The molecule has 1 unspecified atom stereocenters. The summed E-state index contributed by atoms with van der Waals surface area (Å²) in [6.07, 6.45) is 8.36. The van der Waals surface area contributed by atoms with Gasteiger partial charge in [0.25, 0.3) is 0 Å². The van der Waals surface area contributed by atoms with Crippen LogP contribution in [0.3, 0.4) is 0 Å². The highest BCUT2D eigenvalue weighted by Crippen LogP contribution is 2.39. The Bertz CT molecular complexity index is 1040. The van der Waals surface area contributed by atoms with Crippen molar-refractivity contribution in [2.24, 2.45) is 23.3 Å². The topological polar surface area (TPSA) is 94.1 Å². The van der Waals surface area contributed by atoms with Crippen molar-refractivity contribution >= 4 is 16.8 Å². The summed E-state index contributed by atoms with van der Waals surface area (Å²) in [6.45, 7) is 7.54. The van der Waals surface area contributed by atoms with Gasteiger partial charge in [-0.1, -0.05) is 57.9 Å². The first-order chi connectivity index (χ1) is 16.0. The maximum absolute atomic E-state index is 11.2. The third-order valence-corrected chi connectivity index (χ3v) is 6.51. The van der Waals surface area contributed by atoms with E-state index >= 15 is 0 Å². The minimum Gasteiger partial charge on any atom is -0.485 e. The highest BCUT2D eigenvalue weighted by Gasteiger charge is 2.30. The molecule has 0 spiro atoms. The number of hydrogen-bond donors (Lipinski definition) is 3. The Morgan fingerprint density at radius 2 is 1.88 bits per heavy atom. The van der Waals surface area contributed by atoms with Crippen molar-refractivity contribution in [3.05, 3.63) is 65.4 Å². The second-order valence-electron chi connectivity index (χ2n) is 9.26. The van der Waals surface area contributed by atoms with E-state index < -0.39 is 0 Å². The normalized spacial score (nSPS) is 17.0. The molecule has 1 aliphatic rings. The number of aromatic nitrogens is 1. The molecule has 33 heavy (non-hydrogen) atoms. The Hall–Kier alpha value is -2.79. The number of rotatable bonds is 9. The van der Waals surface area contributed by atoms with Gasteiger partial charge in [-0.05, 0) is 66.6 Å². The van der Waals surface area contributed by atoms with Crippen LogP contribution < -0.4 is 16.2 Å². The van der Waals surface area contributed by atoms with Crippen LogP contribution in [0.4, 0.5) is 0 Å². The van der Waals surface area contributed by atoms with Crippen LogP contribution in [0.15, 0.2) is 48.7 Å². The van der Waals surface area contributed by atoms with Gasteiger partial charge < -0.3 is 21.2 Å². The SMILES string of the molecule is CCCC(CN)CCC.C[C@@H]1Cc2ccccc2C1Oc1ccc2[nH]cc(CC(N)=O)c2c1. The number of carbonyl (C=O) groups is 1. The van der Waals surface area contributed by atoms with E-state index in [2.05, 4.69) is 50.0 Å². The fraction of sp³-hybridized carbons (Fsp3) is 0.464. The van der Waals surface area contributed by atoms with Gasteiger partial charge in [-0.2, -0.15) is 0 Å². The maximum atomic E-state index is 11.2. The van der Waals surface area contributed by atoms with Crippen molar-refractivity contribution < 1.29 is 9.53 Å². The smallest absolute Gasteiger partial charge is 0.221 e. The number of nitrogens with two attached hydrogens (primary N) is 2. The number of primary amides is 1. The van der Waals surface area contributed by atoms with Crippen LogP contribution in [0.5, 0.6) is 5.75 Å². The summed E-state index contributed by atoms with van der Waals surface area (Å²) < 4.78 is 6.32. The molecule has 3 aromatic rings. The van der Waals surface area contributed by atoms with Gasteiger partial charge in [0.2, 0.25) is 5.91 Å². The highest BCUT2D eigenvalue weighted by atomic mass is 16.5. The lowest BCUT2D eigenvalue weighted by atomic mass is 9.99. The molecule has 178 valence electrons. The third kappa shape index (κ3) is 6.38. The van der Waals surface area contributed by atoms with Crippen LogP contribution in [-0.2, 0) is 17.6 Å². The molecule has 2 aromatic carbocycles. The molecule has 1 aliphatic carbocycles. The Morgan fingerprint density at radius 1 is 1.15 bits per heavy atom. The first-order valence-electron chi connectivity index (χ1n) is 12.3. The molecular formula is C28H39N3O2. The van der Waals surface area contributed by atoms with Crippen molar-refractivity contribution in [3.8, 4) is 5.75 Å². The van der Waals surface area contributed by atoms with E-state index in [1.54, 1.807) is 0 Å². The highest BCUT2D eigenvalue weighted by molar-refractivity contribution is 5.89. The van der Waals surface area contributed by atoms with Gasteiger partial charge in [-0.15, -0.1) is 0 Å². The van der Waals surface area contributed by atoms with Crippen LogP contribution in [0, 0.1) is 11.8 Å². The summed E-state index contributed by atoms with van der Waals surface area (Å²) >= 11 is 0. The van der Waals surface area contributed by atoms with Gasteiger partial charge in [-0.3, -0.25) is 4.79 Å². The van der Waals surface area contributed by atoms with E-state index in [-0.39, 0.29) is 18.4 Å². The minimum absolute atomic E-state index is 0.0668. The first-order valence-corrected chi connectivity index (χ1v) is 12.3. The molecule has 4 rings (SSSR count). The monoisotopic (exact) mass is 449 g/mol. The lowest BCUT2D eigenvalue weighted by Crippen LogP contribution is -2.13. The van der Waals surface area contributed by atoms with Crippen LogP contribution in [0.2, 0.25) is 0 Å². The zero-order chi connectivity index (χ0) is 23.8. The molecule has 2 atom stereocenters. The fourth-order valence-electron chi connectivity index (χ4n) is 4.85. The van der Waals surface area contributed by atoms with Gasteiger partial charge >= 0.3 is 0 Å². The van der Waals surface area contributed by atoms with E-state index in [1.807, 2.05) is 24.4 Å². The predicted octanol–water partition coefficient (Wildman–Crippen LogP) is 5.67. The zero-order valence-electron chi connectivity index (χ0n) is 20.3. The number of ether oxygens (including phenoxy) is 1. The maximum Gasteiger partial charge on any atom is 0.221 e. The van der Waals surface area contributed by atoms with E-state index in [9.17, 15) is 4.79 Å². The van der Waals surface area contributed by atoms with Crippen molar-refractivity contribution in [2.45, 2.75) is 65.4 Å². The number of fused-ring (bicyclic) bond motifs is 2. The molecule has 0 aliphatic heterocycles. The first kappa shape index (κ1) is 24.8. The lowest BCUT2D eigenvalue weighted by molar-refractivity contribution is -0.117. The fourth-order valence-corrected chi connectivity index (χ4v) is 4.85. The summed E-state index contributed by atoms with van der Waals surface area (Å²) in [5, 5.41) is 0.991. The zero-order valence-corrected chi connectivity index (χ0v) is 20.3. The summed E-state index contributed by atoms with van der Waals surface area (Å²) in [5.74, 6) is 1.72. The van der Waals surface area contributed by atoms with Gasteiger partial charge in [0.05, 0.1) is 6.42 Å². The van der Waals surface area contributed by atoms with Crippen molar-refractivity contribution in [1.82, 2.24) is 4.98 Å². The van der Waals surface area contributed by atoms with Gasteiger partial charge in [0, 0.05) is 23.0 Å². The number of nitrogens with one attached hydrogen (secondary N) is 1. The summed E-state index contributed by atoms with van der Waals surface area (Å²) in [6, 6.07) is 14.4. The number of aromatic amines is 1. The Balaban J connectivity index is 0.000000292. The third-order valence-electron chi connectivity index (χ3n) is 6.51. The number of hydrogen-bond acceptors (Lipinski definition) is 3. The molecule has 0 radical (unpaired) electrons. The van der Waals surface area contributed by atoms with Gasteiger partial charge in [0.1, 0.15) is 11.9 Å². The quantitative estimate of drug-likeness (QED) is 0.393. The molecule has 1 heterocycles. The Morgan fingerprint density at radius 3 is 2.55 bits per heavy atom. The lowest BCUT2D eigenvalue weighted by Gasteiger charge is -2.19. The van der Waals surface area contributed by atoms with E-state index in [1.165, 1.54) is 36.8 Å². The van der Waals surface area contributed by atoms with Gasteiger partial charge in [-0.25, -0.2) is 0 Å². The molecule has 5 heteroatoms. The molecular weight excluding hydrogens is 410 g/mol. The second-order valence-corrected chi connectivity index (χ2v) is 9.26. The van der Waals surface area contributed by atoms with Crippen LogP contribution in [0.1, 0.15) is 69.2 Å².